The van der Waals surface area contributed by atoms with Gasteiger partial charge in [-0.25, -0.2) is 9.97 Å². The lowest BCUT2D eigenvalue weighted by atomic mass is 10.0. The summed E-state index contributed by atoms with van der Waals surface area (Å²) in [6, 6.07) is 22.8. The fourth-order valence-electron chi connectivity index (χ4n) is 7.66. The lowest BCUT2D eigenvalue weighted by Gasteiger charge is -2.39. The average molecular weight is 805 g/mol. The first kappa shape index (κ1) is 40.7. The van der Waals surface area contributed by atoms with Gasteiger partial charge in [0.15, 0.2) is 0 Å². The molecule has 6 heterocycles. The van der Waals surface area contributed by atoms with Crippen molar-refractivity contribution in [2.75, 3.05) is 39.3 Å². The van der Waals surface area contributed by atoms with Crippen LogP contribution in [0.2, 0.25) is 0 Å². The van der Waals surface area contributed by atoms with E-state index in [4.69, 9.17) is 0 Å². The molecule has 6 aromatic rings. The molecule has 2 saturated heterocycles. The van der Waals surface area contributed by atoms with Crippen molar-refractivity contribution in [1.82, 2.24) is 39.5 Å². The zero-order valence-electron chi connectivity index (χ0n) is 33.3. The zero-order valence-corrected chi connectivity index (χ0v) is 33.3. The highest BCUT2D eigenvalue weighted by atomic mass is 16.2. The summed E-state index contributed by atoms with van der Waals surface area (Å²) in [6.45, 7) is 13.3. The molecule has 2 aliphatic heterocycles. The van der Waals surface area contributed by atoms with Gasteiger partial charge in [-0.1, -0.05) is 55.6 Å². The number of hydrogen-bond donors (Lipinski definition) is 2. The van der Waals surface area contributed by atoms with Crippen molar-refractivity contribution < 1.29 is 28.8 Å². The Kier molecular flexibility index (Phi) is 11.9. The minimum Gasteiger partial charge on any atom is -0.345 e. The molecule has 0 radical (unpaired) electrons. The molecule has 2 fully saturated rings. The van der Waals surface area contributed by atoms with Crippen molar-refractivity contribution >= 4 is 69.4 Å². The molecular weight excluding hydrogens is 761 g/mol. The second-order valence-corrected chi connectivity index (χ2v) is 14.7. The Morgan fingerprint density at radius 2 is 1.15 bits per heavy atom. The molecule has 304 valence electrons. The summed E-state index contributed by atoms with van der Waals surface area (Å²) < 4.78 is 0. The maximum absolute atomic E-state index is 13.0. The van der Waals surface area contributed by atoms with Gasteiger partial charge in [0.05, 0.1) is 16.8 Å². The summed E-state index contributed by atoms with van der Waals surface area (Å²) >= 11 is 0. The Labute approximate surface area is 346 Å². The van der Waals surface area contributed by atoms with Gasteiger partial charge in [0.1, 0.15) is 11.3 Å². The third-order valence-corrected chi connectivity index (χ3v) is 10.9. The van der Waals surface area contributed by atoms with E-state index in [0.29, 0.717) is 83.7 Å². The molecule has 14 heteroatoms. The number of benzene rings is 2. The molecule has 4 amide bonds. The zero-order chi connectivity index (χ0) is 42.5. The quantitative estimate of drug-likeness (QED) is 0.150. The van der Waals surface area contributed by atoms with Crippen LogP contribution in [0.15, 0.2) is 111 Å². The van der Waals surface area contributed by atoms with Gasteiger partial charge in [0.2, 0.25) is 0 Å². The number of Topliss-reactive ketones (excluding diaryl/α,β-unsaturated/α-hetero) is 2. The number of ketones is 2. The molecule has 0 bridgehead atoms. The summed E-state index contributed by atoms with van der Waals surface area (Å²) in [5.41, 5.74) is 4.31. The molecule has 14 nitrogen and oxygen atoms in total. The van der Waals surface area contributed by atoms with E-state index in [1.54, 1.807) is 80.4 Å². The molecule has 8 rings (SSSR count). The lowest BCUT2D eigenvalue weighted by Crippen LogP contribution is -2.56. The second-order valence-electron chi connectivity index (χ2n) is 14.7. The highest BCUT2D eigenvalue weighted by Gasteiger charge is 2.36. The van der Waals surface area contributed by atoms with Crippen LogP contribution in [0.3, 0.4) is 0 Å². The Bertz CT molecular complexity index is 2630. The molecule has 0 spiro atoms. The Morgan fingerprint density at radius 3 is 1.67 bits per heavy atom. The minimum atomic E-state index is -0.591. The van der Waals surface area contributed by atoms with Crippen molar-refractivity contribution in [1.29, 1.82) is 0 Å². The number of H-pyrrole nitrogens is 2. The predicted octanol–water partition coefficient (Wildman–Crippen LogP) is 5.52. The Morgan fingerprint density at radius 1 is 0.633 bits per heavy atom. The summed E-state index contributed by atoms with van der Waals surface area (Å²) in [4.78, 5) is 98.2. The maximum Gasteiger partial charge on any atom is 0.295 e. The van der Waals surface area contributed by atoms with Crippen LogP contribution in [0.1, 0.15) is 66.5 Å². The first-order chi connectivity index (χ1) is 29.0. The van der Waals surface area contributed by atoms with Crippen molar-refractivity contribution in [2.24, 2.45) is 0 Å². The number of pyridine rings is 2. The van der Waals surface area contributed by atoms with Crippen LogP contribution in [-0.2, 0) is 9.59 Å². The normalized spacial score (nSPS) is 16.5. The number of hydrogen-bond acceptors (Lipinski definition) is 8. The minimum absolute atomic E-state index is 0.0680. The molecule has 2 aliphatic rings. The third-order valence-electron chi connectivity index (χ3n) is 10.9. The number of nitrogens with one attached hydrogen (secondary N) is 2. The van der Waals surface area contributed by atoms with E-state index >= 15 is 0 Å². The summed E-state index contributed by atoms with van der Waals surface area (Å²) in [6.07, 6.45) is 7.91. The number of fused-ring (bicyclic) bond motifs is 2. The molecule has 2 atom stereocenters. The van der Waals surface area contributed by atoms with E-state index in [1.165, 1.54) is 12.4 Å². The monoisotopic (exact) mass is 804 g/mol. The summed E-state index contributed by atoms with van der Waals surface area (Å²) in [7, 11) is 0. The molecule has 0 saturated carbocycles. The second kappa shape index (κ2) is 17.6. The summed E-state index contributed by atoms with van der Waals surface area (Å²) in [5.74, 6) is -2.45. The van der Waals surface area contributed by atoms with Crippen LogP contribution < -0.4 is 0 Å². The molecule has 0 unspecified atom stereocenters. The standard InChI is InChI=1S/2C23H22N4O3/c1-3-17-9-10-18-19(13-24-21(18)25-17)20(28)23(30)27-12-11-26(14-15(27)2)22(29)16-7-5-4-6-8-16;1-3-16-9-10-24-21-19(16)18(13-25-21)20(28)23(30)27-12-11-26(14-15(27)2)22(29)17-7-5-4-6-8-17/h2*3-10,13,15H,1,11-12,14H2,2H3,(H,24,25)/t2*15-/m11/s1. The van der Waals surface area contributed by atoms with Crippen molar-refractivity contribution in [2.45, 2.75) is 25.9 Å². The molecule has 2 aromatic carbocycles. The fourth-order valence-corrected chi connectivity index (χ4v) is 7.66. The van der Waals surface area contributed by atoms with Gasteiger partial charge in [-0.15, -0.1) is 0 Å². The average Bonchev–Trinajstić information content (AvgIpc) is 3.93. The van der Waals surface area contributed by atoms with E-state index in [-0.39, 0.29) is 29.5 Å². The lowest BCUT2D eigenvalue weighted by molar-refractivity contribution is -0.130. The smallest absolute Gasteiger partial charge is 0.295 e. The van der Waals surface area contributed by atoms with Gasteiger partial charge >= 0.3 is 0 Å². The molecule has 2 N–H and O–H groups in total. The number of carbonyl (C=O) groups excluding carboxylic acids is 6. The van der Waals surface area contributed by atoms with Gasteiger partial charge in [-0.3, -0.25) is 28.8 Å². The van der Waals surface area contributed by atoms with Crippen LogP contribution in [-0.4, -0.2) is 126 Å². The highest BCUT2D eigenvalue weighted by Crippen LogP contribution is 2.25. The van der Waals surface area contributed by atoms with Crippen molar-refractivity contribution in [3.8, 4) is 0 Å². The first-order valence-electron chi connectivity index (χ1n) is 19.6. The van der Waals surface area contributed by atoms with Crippen LogP contribution in [0, 0.1) is 0 Å². The van der Waals surface area contributed by atoms with Crippen LogP contribution in [0.4, 0.5) is 0 Å². The first-order valence-corrected chi connectivity index (χ1v) is 19.6. The van der Waals surface area contributed by atoms with E-state index in [0.717, 1.165) is 5.56 Å². The third kappa shape index (κ3) is 8.12. The van der Waals surface area contributed by atoms with E-state index < -0.39 is 23.4 Å². The SMILES string of the molecule is C=Cc1ccc2c(C(=O)C(=O)N3CCN(C(=O)c4ccccc4)C[C@H]3C)c[nH]c2n1.C=Cc1ccnc2[nH]cc(C(=O)C(=O)N3CCN(C(=O)c4ccccc4)C[C@H]3C)c12. The topological polar surface area (TPSA) is 173 Å². The van der Waals surface area contributed by atoms with E-state index in [2.05, 4.69) is 33.1 Å². The number of amides is 4. The van der Waals surface area contributed by atoms with Gasteiger partial charge in [0.25, 0.3) is 35.2 Å². The van der Waals surface area contributed by atoms with E-state index in [1.807, 2.05) is 50.2 Å². The van der Waals surface area contributed by atoms with Crippen molar-refractivity contribution in [3.05, 3.63) is 144 Å². The Hall–Kier alpha value is -7.48. The number of nitrogens with zero attached hydrogens (tertiary/aromatic N) is 6. The van der Waals surface area contributed by atoms with Crippen LogP contribution in [0.5, 0.6) is 0 Å². The number of aromatic nitrogens is 4. The molecular formula is C46H44N8O6. The number of piperazine rings is 2. The highest BCUT2D eigenvalue weighted by molar-refractivity contribution is 6.45. The number of aromatic amines is 2. The summed E-state index contributed by atoms with van der Waals surface area (Å²) in [5, 5.41) is 1.20. The van der Waals surface area contributed by atoms with Crippen LogP contribution >= 0.6 is 0 Å². The number of carbonyl (C=O) groups is 6. The van der Waals surface area contributed by atoms with Crippen molar-refractivity contribution in [3.63, 3.8) is 0 Å². The van der Waals surface area contributed by atoms with Gasteiger partial charge < -0.3 is 29.6 Å². The predicted molar refractivity (Wildman–Crippen MR) is 228 cm³/mol. The van der Waals surface area contributed by atoms with E-state index in [9.17, 15) is 28.8 Å². The Balaban J connectivity index is 0.000000181. The fraction of sp³-hybridized carbons (Fsp3) is 0.217. The molecule has 4 aromatic heterocycles. The maximum atomic E-state index is 13.0. The van der Waals surface area contributed by atoms with Gasteiger partial charge in [-0.05, 0) is 68.0 Å². The number of rotatable bonds is 8. The van der Waals surface area contributed by atoms with Crippen LogP contribution in [0.25, 0.3) is 34.2 Å². The molecule has 0 aliphatic carbocycles. The molecule has 60 heavy (non-hydrogen) atoms. The largest absolute Gasteiger partial charge is 0.345 e. The van der Waals surface area contributed by atoms with Gasteiger partial charge in [-0.2, -0.15) is 0 Å². The van der Waals surface area contributed by atoms with Gasteiger partial charge in [0, 0.05) is 91.8 Å².